The number of rotatable bonds is 10. The van der Waals surface area contributed by atoms with Gasteiger partial charge >= 0.3 is 0 Å². The fourth-order valence-corrected chi connectivity index (χ4v) is 5.74. The van der Waals surface area contributed by atoms with Crippen molar-refractivity contribution in [3.8, 4) is 0 Å². The molecule has 1 aromatic heterocycles. The topological polar surface area (TPSA) is 74.2 Å². The highest BCUT2D eigenvalue weighted by molar-refractivity contribution is 6.18. The van der Waals surface area contributed by atoms with E-state index in [1.807, 2.05) is 40.3 Å². The van der Waals surface area contributed by atoms with Crippen LogP contribution in [0.2, 0.25) is 0 Å². The van der Waals surface area contributed by atoms with E-state index in [-0.39, 0.29) is 12.5 Å². The Balaban J connectivity index is 1.48. The molecule has 7 heteroatoms. The number of hydrogen-bond donors (Lipinski definition) is 2. The number of likely N-dealkylation sites (tertiary alicyclic amines) is 1. The van der Waals surface area contributed by atoms with E-state index in [1.165, 1.54) is 5.56 Å². The van der Waals surface area contributed by atoms with Crippen molar-refractivity contribution in [2.75, 3.05) is 25.6 Å². The maximum absolute atomic E-state index is 14.0. The largest absolute Gasteiger partial charge is 0.396 e. The Bertz CT molecular complexity index is 1560. The number of para-hydroxylation sites is 2. The Hall–Kier alpha value is -3.61. The first kappa shape index (κ1) is 27.9. The monoisotopic (exact) mass is 556 g/mol. The summed E-state index contributed by atoms with van der Waals surface area (Å²) in [6, 6.07) is 24.0. The van der Waals surface area contributed by atoms with Crippen LogP contribution in [0.5, 0.6) is 0 Å². The number of allylic oxidation sites excluding steroid dienone is 1. The first-order valence-corrected chi connectivity index (χ1v) is 14.4. The number of aromatic nitrogens is 2. The number of aliphatic hydroxyl groups excluding tert-OH is 1. The molecule has 2 N–H and O–H groups in total. The number of hydrogen-bond acceptors (Lipinski definition) is 3. The predicted octanol–water partition coefficient (Wildman–Crippen LogP) is 5.49. The molecule has 1 aliphatic rings. The summed E-state index contributed by atoms with van der Waals surface area (Å²) in [5.74, 6) is 0.262. The molecule has 40 heavy (non-hydrogen) atoms. The van der Waals surface area contributed by atoms with Crippen LogP contribution in [0.3, 0.4) is 0 Å². The highest BCUT2D eigenvalue weighted by atomic mass is 35.5. The zero-order valence-corrected chi connectivity index (χ0v) is 23.9. The number of imidazole rings is 1. The summed E-state index contributed by atoms with van der Waals surface area (Å²) in [4.78, 5) is 15.8. The Labute approximate surface area is 240 Å². The molecule has 5 rings (SSSR count). The van der Waals surface area contributed by atoms with Crippen LogP contribution in [-0.4, -0.2) is 50.6 Å². The fraction of sp³-hybridized carbons (Fsp3) is 0.333. The van der Waals surface area contributed by atoms with Crippen LogP contribution in [0.15, 0.2) is 78.9 Å². The van der Waals surface area contributed by atoms with Gasteiger partial charge in [-0.1, -0.05) is 83.9 Å². The molecule has 0 bridgehead atoms. The molecule has 4 aromatic rings. The van der Waals surface area contributed by atoms with Crippen molar-refractivity contribution >= 4 is 34.6 Å². The first-order chi connectivity index (χ1) is 19.3. The minimum absolute atomic E-state index is 0.0459. The number of nitrogens with one attached hydrogen (secondary N) is 1. The van der Waals surface area contributed by atoms with Gasteiger partial charge < -0.3 is 14.6 Å². The number of aryl methyl sites for hydroxylation is 3. The van der Waals surface area contributed by atoms with E-state index in [9.17, 15) is 15.3 Å². The molecule has 3 aromatic carbocycles. The van der Waals surface area contributed by atoms with E-state index >= 15 is 0 Å². The van der Waals surface area contributed by atoms with Crippen molar-refractivity contribution in [2.45, 2.75) is 39.3 Å². The zero-order chi connectivity index (χ0) is 28.3. The molecular formula is C33H37ClN4O2. The lowest BCUT2D eigenvalue weighted by molar-refractivity contribution is -0.148. The van der Waals surface area contributed by atoms with Crippen LogP contribution in [0.4, 0.5) is 0 Å². The number of aliphatic hydroxyl groups is 1. The van der Waals surface area contributed by atoms with Gasteiger partial charge in [-0.2, -0.15) is 0 Å². The molecule has 1 atom stereocenters. The molecule has 0 aliphatic carbocycles. The molecular weight excluding hydrogens is 520 g/mol. The van der Waals surface area contributed by atoms with E-state index in [0.717, 1.165) is 34.1 Å². The third-order valence-corrected chi connectivity index (χ3v) is 8.52. The summed E-state index contributed by atoms with van der Waals surface area (Å²) in [6.07, 6.45) is 5.48. The average Bonchev–Trinajstić information content (AvgIpc) is 3.22. The number of amides is 1. The van der Waals surface area contributed by atoms with Gasteiger partial charge in [0.2, 0.25) is 11.5 Å². The molecule has 6 nitrogen and oxygen atoms in total. The molecule has 0 spiro atoms. The smallest absolute Gasteiger partial charge is 0.246 e. The van der Waals surface area contributed by atoms with Crippen molar-refractivity contribution < 1.29 is 9.90 Å². The minimum Gasteiger partial charge on any atom is -0.396 e. The fourth-order valence-electron chi connectivity index (χ4n) is 5.49. The lowest BCUT2D eigenvalue weighted by Gasteiger charge is -2.49. The lowest BCUT2D eigenvalue weighted by atomic mass is 9.82. The van der Waals surface area contributed by atoms with E-state index < -0.39 is 11.5 Å². The molecule has 1 fully saturated rings. The number of alkyl halides is 1. The van der Waals surface area contributed by atoms with Gasteiger partial charge in [0.1, 0.15) is 6.04 Å². The van der Waals surface area contributed by atoms with E-state index in [0.29, 0.717) is 37.6 Å². The van der Waals surface area contributed by atoms with E-state index in [1.54, 1.807) is 4.90 Å². The number of halogens is 1. The zero-order valence-electron chi connectivity index (χ0n) is 23.2. The van der Waals surface area contributed by atoms with Gasteiger partial charge in [0.15, 0.2) is 0 Å². The normalized spacial score (nSPS) is 15.4. The lowest BCUT2D eigenvalue weighted by Crippen LogP contribution is -2.62. The van der Waals surface area contributed by atoms with E-state index in [2.05, 4.69) is 67.6 Å². The van der Waals surface area contributed by atoms with E-state index in [4.69, 9.17) is 11.6 Å². The van der Waals surface area contributed by atoms with Crippen LogP contribution < -0.4 is 5.62 Å². The molecule has 1 aliphatic heterocycles. The van der Waals surface area contributed by atoms with Crippen molar-refractivity contribution in [2.24, 2.45) is 5.41 Å². The molecule has 1 amide bonds. The van der Waals surface area contributed by atoms with Gasteiger partial charge in [-0.15, -0.1) is 11.6 Å². The van der Waals surface area contributed by atoms with Crippen LogP contribution in [0.25, 0.3) is 17.1 Å². The minimum atomic E-state index is -0.587. The Kier molecular flexibility index (Phi) is 8.29. The van der Waals surface area contributed by atoms with Crippen molar-refractivity contribution in [1.29, 1.82) is 5.41 Å². The van der Waals surface area contributed by atoms with Gasteiger partial charge in [-0.3, -0.25) is 14.8 Å². The summed E-state index contributed by atoms with van der Waals surface area (Å²) >= 11 is 6.14. The third-order valence-electron chi connectivity index (χ3n) is 7.95. The van der Waals surface area contributed by atoms with Gasteiger partial charge in [-0.05, 0) is 43.5 Å². The number of carbonyl (C=O) groups excluding carboxylic acids is 1. The SMILES string of the molecule is Cc1ccc(C=CCCn2c(=N)n([C@@H](Cc3ccc(C)cc3)C(=O)N3CC(CO)(CCl)C3)c3ccccc32)cc1. The summed E-state index contributed by atoms with van der Waals surface area (Å²) in [5, 5.41) is 19.1. The predicted molar refractivity (Wildman–Crippen MR) is 161 cm³/mol. The van der Waals surface area contributed by atoms with Gasteiger partial charge in [-0.25, -0.2) is 0 Å². The number of nitrogens with zero attached hydrogens (tertiary/aromatic N) is 3. The average molecular weight is 557 g/mol. The summed E-state index contributed by atoms with van der Waals surface area (Å²) < 4.78 is 3.89. The van der Waals surface area contributed by atoms with Crippen LogP contribution >= 0.6 is 11.6 Å². The van der Waals surface area contributed by atoms with Gasteiger partial charge in [0.05, 0.1) is 17.6 Å². The number of fused-ring (bicyclic) bond motifs is 1. The number of benzene rings is 3. The second kappa shape index (κ2) is 11.9. The Morgan fingerprint density at radius 1 is 1.00 bits per heavy atom. The molecule has 208 valence electrons. The van der Waals surface area contributed by atoms with Crippen LogP contribution in [0, 0.1) is 24.7 Å². The first-order valence-electron chi connectivity index (χ1n) is 13.8. The molecule has 1 saturated heterocycles. The Morgan fingerprint density at radius 2 is 1.62 bits per heavy atom. The maximum atomic E-state index is 14.0. The standard InChI is InChI=1S/C33H37ClN4O2/c1-24-10-14-26(15-11-24)7-5-6-18-37-28-8-3-4-9-29(28)38(32(37)35)30(19-27-16-12-25(2)13-17-27)31(40)36-21-33(20-34,22-36)23-39/h3-5,7-17,30,35,39H,6,18-23H2,1-2H3/t30-/m0/s1. The van der Waals surface area contributed by atoms with Crippen LogP contribution in [-0.2, 0) is 17.8 Å². The Morgan fingerprint density at radius 3 is 2.25 bits per heavy atom. The molecule has 0 saturated carbocycles. The third kappa shape index (κ3) is 5.65. The van der Waals surface area contributed by atoms with Crippen molar-refractivity contribution in [3.63, 3.8) is 0 Å². The molecule has 0 unspecified atom stereocenters. The van der Waals surface area contributed by atoms with Gasteiger partial charge in [0, 0.05) is 37.4 Å². The van der Waals surface area contributed by atoms with Crippen molar-refractivity contribution in [3.05, 3.63) is 107 Å². The number of carbonyl (C=O) groups is 1. The second-order valence-corrected chi connectivity index (χ2v) is 11.4. The maximum Gasteiger partial charge on any atom is 0.246 e. The van der Waals surface area contributed by atoms with Crippen LogP contribution in [0.1, 0.15) is 34.7 Å². The molecule has 0 radical (unpaired) electrons. The second-order valence-electron chi connectivity index (χ2n) is 11.1. The van der Waals surface area contributed by atoms with Crippen molar-refractivity contribution in [1.82, 2.24) is 14.0 Å². The summed E-state index contributed by atoms with van der Waals surface area (Å²) in [6.45, 7) is 5.55. The molecule has 2 heterocycles. The summed E-state index contributed by atoms with van der Waals surface area (Å²) in [5.41, 5.74) is 6.25. The quantitative estimate of drug-likeness (QED) is 0.254. The highest BCUT2D eigenvalue weighted by Gasteiger charge is 2.46. The highest BCUT2D eigenvalue weighted by Crippen LogP contribution is 2.34. The summed E-state index contributed by atoms with van der Waals surface area (Å²) in [7, 11) is 0. The van der Waals surface area contributed by atoms with Gasteiger partial charge in [0.25, 0.3) is 0 Å².